The molecule has 1 aliphatic carbocycles. The lowest BCUT2D eigenvalue weighted by Crippen LogP contribution is -2.48. The van der Waals surface area contributed by atoms with Crippen LogP contribution in [0.3, 0.4) is 0 Å². The van der Waals surface area contributed by atoms with E-state index in [4.69, 9.17) is 4.98 Å². The maximum absolute atomic E-state index is 12.9. The van der Waals surface area contributed by atoms with Gasteiger partial charge >= 0.3 is 0 Å². The highest BCUT2D eigenvalue weighted by Gasteiger charge is 2.45. The predicted molar refractivity (Wildman–Crippen MR) is 98.6 cm³/mol. The summed E-state index contributed by atoms with van der Waals surface area (Å²) < 4.78 is 0. The van der Waals surface area contributed by atoms with Crippen molar-refractivity contribution in [3.8, 4) is 0 Å². The van der Waals surface area contributed by atoms with Gasteiger partial charge in [0.15, 0.2) is 0 Å². The van der Waals surface area contributed by atoms with Crippen molar-refractivity contribution in [3.05, 3.63) is 51.7 Å². The largest absolute Gasteiger partial charge is 0.347 e. The van der Waals surface area contributed by atoms with E-state index in [0.29, 0.717) is 18.1 Å². The number of likely N-dealkylation sites (tertiary alicyclic amines) is 1. The molecular weight excluding hydrogens is 330 g/mol. The standard InChI is InChI=1S/C19H23N5O2/c1-23(2)18-21-10-13-6-8-19(16(13)22-18)7-3-9-24(12-19)17(26)14-4-5-15(25)20-11-14/h4-5,10-11H,3,6-9,12H2,1-2H3,(H,20,25). The molecule has 1 amide bonds. The second kappa shape index (κ2) is 6.23. The highest BCUT2D eigenvalue weighted by molar-refractivity contribution is 5.94. The zero-order valence-corrected chi connectivity index (χ0v) is 15.2. The molecule has 26 heavy (non-hydrogen) atoms. The molecule has 4 rings (SSSR count). The lowest BCUT2D eigenvalue weighted by Gasteiger charge is -2.40. The molecule has 0 radical (unpaired) electrons. The van der Waals surface area contributed by atoms with Crippen LogP contribution in [-0.4, -0.2) is 52.9 Å². The quantitative estimate of drug-likeness (QED) is 0.881. The van der Waals surface area contributed by atoms with Crippen LogP contribution in [-0.2, 0) is 11.8 Å². The molecule has 7 heteroatoms. The molecule has 1 atom stereocenters. The number of nitrogens with one attached hydrogen (secondary N) is 1. The summed E-state index contributed by atoms with van der Waals surface area (Å²) >= 11 is 0. The fraction of sp³-hybridized carbons (Fsp3) is 0.474. The highest BCUT2D eigenvalue weighted by Crippen LogP contribution is 2.44. The van der Waals surface area contributed by atoms with Gasteiger partial charge in [-0.2, -0.15) is 0 Å². The highest BCUT2D eigenvalue weighted by atomic mass is 16.2. The number of aromatic amines is 1. The van der Waals surface area contributed by atoms with Gasteiger partial charge in [0.25, 0.3) is 5.91 Å². The Labute approximate surface area is 152 Å². The van der Waals surface area contributed by atoms with Gasteiger partial charge in [-0.25, -0.2) is 9.97 Å². The first-order chi connectivity index (χ1) is 12.5. The predicted octanol–water partition coefficient (Wildman–Crippen LogP) is 1.35. The minimum atomic E-state index is -0.200. The molecule has 1 N–H and O–H groups in total. The maximum atomic E-state index is 12.9. The topological polar surface area (TPSA) is 82.2 Å². The summed E-state index contributed by atoms with van der Waals surface area (Å²) in [6, 6.07) is 2.99. The van der Waals surface area contributed by atoms with Crippen LogP contribution >= 0.6 is 0 Å². The van der Waals surface area contributed by atoms with Crippen molar-refractivity contribution in [2.24, 2.45) is 0 Å². The van der Waals surface area contributed by atoms with Crippen molar-refractivity contribution < 1.29 is 4.79 Å². The third-order valence-corrected chi connectivity index (χ3v) is 5.52. The van der Waals surface area contributed by atoms with E-state index in [0.717, 1.165) is 37.9 Å². The molecule has 1 aliphatic heterocycles. The van der Waals surface area contributed by atoms with E-state index in [9.17, 15) is 9.59 Å². The molecule has 1 unspecified atom stereocenters. The Morgan fingerprint density at radius 2 is 2.15 bits per heavy atom. The number of hydrogen-bond acceptors (Lipinski definition) is 5. The normalized spacial score (nSPS) is 21.7. The molecule has 1 saturated heterocycles. The molecule has 1 fully saturated rings. The van der Waals surface area contributed by atoms with E-state index >= 15 is 0 Å². The van der Waals surface area contributed by atoms with Gasteiger partial charge in [0.1, 0.15) is 0 Å². The van der Waals surface area contributed by atoms with Crippen LogP contribution in [0.25, 0.3) is 0 Å². The summed E-state index contributed by atoms with van der Waals surface area (Å²) in [5.41, 5.74) is 2.55. The summed E-state index contributed by atoms with van der Waals surface area (Å²) in [5.74, 6) is 0.685. The Balaban J connectivity index is 1.64. The SMILES string of the molecule is CN(C)c1ncc2c(n1)C1(CCCN(C(=O)c3ccc(=O)[nH]c3)C1)CC2. The number of fused-ring (bicyclic) bond motifs is 2. The Morgan fingerprint density at radius 3 is 2.88 bits per heavy atom. The van der Waals surface area contributed by atoms with E-state index < -0.39 is 0 Å². The average molecular weight is 353 g/mol. The van der Waals surface area contributed by atoms with Gasteiger partial charge in [-0.05, 0) is 37.3 Å². The summed E-state index contributed by atoms with van der Waals surface area (Å²) in [6.07, 6.45) is 7.40. The van der Waals surface area contributed by atoms with E-state index in [2.05, 4.69) is 9.97 Å². The first-order valence-electron chi connectivity index (χ1n) is 9.00. The molecule has 2 aromatic heterocycles. The first-order valence-corrected chi connectivity index (χ1v) is 9.00. The van der Waals surface area contributed by atoms with Crippen molar-refractivity contribution >= 4 is 11.9 Å². The van der Waals surface area contributed by atoms with Crippen molar-refractivity contribution in [1.29, 1.82) is 0 Å². The van der Waals surface area contributed by atoms with Crippen molar-refractivity contribution in [2.75, 3.05) is 32.1 Å². The third-order valence-electron chi connectivity index (χ3n) is 5.52. The Hall–Kier alpha value is -2.70. The van der Waals surface area contributed by atoms with Crippen LogP contribution in [0.2, 0.25) is 0 Å². The van der Waals surface area contributed by atoms with Crippen LogP contribution in [0, 0.1) is 0 Å². The summed E-state index contributed by atoms with van der Waals surface area (Å²) in [6.45, 7) is 1.41. The first kappa shape index (κ1) is 16.8. The number of pyridine rings is 1. The van der Waals surface area contributed by atoms with E-state index in [1.807, 2.05) is 30.1 Å². The number of aromatic nitrogens is 3. The number of hydrogen-bond donors (Lipinski definition) is 1. The van der Waals surface area contributed by atoms with Crippen LogP contribution in [0.15, 0.2) is 29.3 Å². The van der Waals surface area contributed by atoms with Crippen molar-refractivity contribution in [3.63, 3.8) is 0 Å². The Kier molecular flexibility index (Phi) is 4.01. The number of aryl methyl sites for hydroxylation is 1. The lowest BCUT2D eigenvalue weighted by atomic mass is 9.77. The van der Waals surface area contributed by atoms with Gasteiger partial charge in [0.2, 0.25) is 11.5 Å². The number of carbonyl (C=O) groups excluding carboxylic acids is 1. The number of amides is 1. The Bertz CT molecular complexity index is 883. The summed E-state index contributed by atoms with van der Waals surface area (Å²) in [7, 11) is 3.88. The minimum absolute atomic E-state index is 0.0318. The molecule has 0 saturated carbocycles. The second-order valence-corrected chi connectivity index (χ2v) is 7.49. The van der Waals surface area contributed by atoms with Crippen molar-refractivity contribution in [2.45, 2.75) is 31.1 Å². The lowest BCUT2D eigenvalue weighted by molar-refractivity contribution is 0.0633. The molecule has 0 aromatic carbocycles. The molecule has 2 aliphatic rings. The number of anilines is 1. The van der Waals surface area contributed by atoms with Gasteiger partial charge < -0.3 is 14.8 Å². The zero-order chi connectivity index (χ0) is 18.3. The van der Waals surface area contributed by atoms with Gasteiger partial charge in [0, 0.05) is 51.1 Å². The van der Waals surface area contributed by atoms with Gasteiger partial charge in [-0.15, -0.1) is 0 Å². The molecule has 136 valence electrons. The maximum Gasteiger partial charge on any atom is 0.255 e. The number of piperidine rings is 1. The van der Waals surface area contributed by atoms with Gasteiger partial charge in [0.05, 0.1) is 11.3 Å². The number of nitrogens with zero attached hydrogens (tertiary/aromatic N) is 4. The molecular formula is C19H23N5O2. The van der Waals surface area contributed by atoms with E-state index in [-0.39, 0.29) is 16.9 Å². The minimum Gasteiger partial charge on any atom is -0.347 e. The van der Waals surface area contributed by atoms with Crippen molar-refractivity contribution in [1.82, 2.24) is 19.9 Å². The van der Waals surface area contributed by atoms with Gasteiger partial charge in [-0.1, -0.05) is 0 Å². The van der Waals surface area contributed by atoms with Gasteiger partial charge in [-0.3, -0.25) is 9.59 Å². The number of H-pyrrole nitrogens is 1. The smallest absolute Gasteiger partial charge is 0.255 e. The van der Waals surface area contributed by atoms with Crippen LogP contribution in [0.1, 0.15) is 40.9 Å². The van der Waals surface area contributed by atoms with E-state index in [1.165, 1.54) is 17.8 Å². The number of carbonyl (C=O) groups is 1. The average Bonchev–Trinajstić information content (AvgIpc) is 2.99. The summed E-state index contributed by atoms with van der Waals surface area (Å²) in [5, 5.41) is 0. The Morgan fingerprint density at radius 1 is 1.31 bits per heavy atom. The third kappa shape index (κ3) is 2.77. The molecule has 0 bridgehead atoms. The molecule has 3 heterocycles. The van der Waals surface area contributed by atoms with Crippen LogP contribution in [0.5, 0.6) is 0 Å². The van der Waals surface area contributed by atoms with E-state index in [1.54, 1.807) is 6.07 Å². The molecule has 1 spiro atoms. The molecule has 7 nitrogen and oxygen atoms in total. The summed E-state index contributed by atoms with van der Waals surface area (Å²) in [4.78, 5) is 39.8. The second-order valence-electron chi connectivity index (χ2n) is 7.49. The fourth-order valence-electron chi connectivity index (χ4n) is 4.18. The van der Waals surface area contributed by atoms with Crippen LogP contribution in [0.4, 0.5) is 5.95 Å². The zero-order valence-electron chi connectivity index (χ0n) is 15.2. The fourth-order valence-corrected chi connectivity index (χ4v) is 4.18. The molecule has 2 aromatic rings. The number of rotatable bonds is 2. The van der Waals surface area contributed by atoms with Crippen LogP contribution < -0.4 is 10.5 Å². The monoisotopic (exact) mass is 353 g/mol.